The van der Waals surface area contributed by atoms with Gasteiger partial charge in [0.05, 0.1) is 6.10 Å². The van der Waals surface area contributed by atoms with Crippen LogP contribution in [0.2, 0.25) is 0 Å². The molecule has 416 valence electrons. The van der Waals surface area contributed by atoms with Gasteiger partial charge in [-0.25, -0.2) is 0 Å². The molecule has 70 heavy (non-hydrogen) atoms. The summed E-state index contributed by atoms with van der Waals surface area (Å²) in [5.74, 6) is 0.630. The first kappa shape index (κ1) is 68.8. The highest BCUT2D eigenvalue weighted by Crippen LogP contribution is 2.19. The molecule has 0 aliphatic rings. The van der Waals surface area contributed by atoms with Crippen LogP contribution in [0.3, 0.4) is 0 Å². The monoisotopic (exact) mass is 984 g/mol. The molecule has 0 aliphatic carbocycles. The standard InChI is InChI=1S/C66H129NO3/c1-3-5-7-9-11-13-15-17-32-36-39-43-47-51-55-59-64(68)60-56-52-48-44-40-37-33-30-28-26-24-22-20-19-21-23-25-27-29-31-34-38-42-46-50-54-58-62-66(70)67-63-65(69)61-57-53-49-45-41-35-18-16-14-12-10-8-6-4-2/h17,32,65,69H,3-16,18-31,33-63H2,1-2H3,(H,67,70)/t65-/m0/s1. The van der Waals surface area contributed by atoms with Crippen molar-refractivity contribution in [3.05, 3.63) is 12.2 Å². The minimum atomic E-state index is -0.391. The Morgan fingerprint density at radius 2 is 0.543 bits per heavy atom. The number of ketones is 1. The maximum Gasteiger partial charge on any atom is 0.220 e. The van der Waals surface area contributed by atoms with Crippen LogP contribution in [-0.4, -0.2) is 29.4 Å². The lowest BCUT2D eigenvalue weighted by atomic mass is 10.0. The molecular formula is C66H129NO3. The summed E-state index contributed by atoms with van der Waals surface area (Å²) in [7, 11) is 0. The van der Waals surface area contributed by atoms with E-state index >= 15 is 0 Å². The highest BCUT2D eigenvalue weighted by atomic mass is 16.3. The van der Waals surface area contributed by atoms with Crippen molar-refractivity contribution in [3.63, 3.8) is 0 Å². The molecule has 0 spiro atoms. The molecule has 4 nitrogen and oxygen atoms in total. The second-order valence-electron chi connectivity index (χ2n) is 22.8. The van der Waals surface area contributed by atoms with Crippen molar-refractivity contribution in [1.29, 1.82) is 0 Å². The van der Waals surface area contributed by atoms with E-state index in [2.05, 4.69) is 31.3 Å². The van der Waals surface area contributed by atoms with Gasteiger partial charge in [-0.1, -0.05) is 328 Å². The molecular weight excluding hydrogens is 855 g/mol. The Bertz CT molecular complexity index is 1020. The molecule has 0 aromatic carbocycles. The topological polar surface area (TPSA) is 66.4 Å². The second kappa shape index (κ2) is 62.1. The zero-order valence-electron chi connectivity index (χ0n) is 48.2. The van der Waals surface area contributed by atoms with Gasteiger partial charge < -0.3 is 10.4 Å². The van der Waals surface area contributed by atoms with Gasteiger partial charge in [0, 0.05) is 25.8 Å². The Balaban J connectivity index is 3.23. The molecule has 0 radical (unpaired) electrons. The number of carbonyl (C=O) groups excluding carboxylic acids is 2. The average Bonchev–Trinajstić information content (AvgIpc) is 3.36. The minimum Gasteiger partial charge on any atom is -0.391 e. The van der Waals surface area contributed by atoms with Gasteiger partial charge in [-0.2, -0.15) is 0 Å². The van der Waals surface area contributed by atoms with Gasteiger partial charge in [0.15, 0.2) is 0 Å². The maximum atomic E-state index is 12.3. The van der Waals surface area contributed by atoms with Crippen molar-refractivity contribution in [2.45, 2.75) is 392 Å². The Kier molecular flexibility index (Phi) is 61.1. The summed E-state index contributed by atoms with van der Waals surface area (Å²) in [6.45, 7) is 4.99. The number of aliphatic hydroxyl groups is 1. The van der Waals surface area contributed by atoms with E-state index in [4.69, 9.17) is 0 Å². The third-order valence-corrected chi connectivity index (χ3v) is 15.5. The third-order valence-electron chi connectivity index (χ3n) is 15.5. The molecule has 2 N–H and O–H groups in total. The Morgan fingerprint density at radius 1 is 0.314 bits per heavy atom. The molecule has 1 amide bonds. The number of unbranched alkanes of at least 4 members (excludes halogenated alkanes) is 50. The van der Waals surface area contributed by atoms with Crippen molar-refractivity contribution in [1.82, 2.24) is 5.32 Å². The number of rotatable bonds is 62. The van der Waals surface area contributed by atoms with E-state index in [1.807, 2.05) is 0 Å². The molecule has 0 aromatic heterocycles. The van der Waals surface area contributed by atoms with Crippen LogP contribution in [0.5, 0.6) is 0 Å². The number of amides is 1. The van der Waals surface area contributed by atoms with Crippen LogP contribution in [0.4, 0.5) is 0 Å². The highest BCUT2D eigenvalue weighted by Gasteiger charge is 2.08. The van der Waals surface area contributed by atoms with E-state index in [0.29, 0.717) is 18.7 Å². The van der Waals surface area contributed by atoms with Crippen LogP contribution in [0.1, 0.15) is 386 Å². The van der Waals surface area contributed by atoms with Crippen molar-refractivity contribution in [2.24, 2.45) is 0 Å². The summed E-state index contributed by atoms with van der Waals surface area (Å²) in [5, 5.41) is 13.3. The summed E-state index contributed by atoms with van der Waals surface area (Å²) >= 11 is 0. The number of carbonyl (C=O) groups is 2. The number of aliphatic hydroxyl groups excluding tert-OH is 1. The first-order valence-electron chi connectivity index (χ1n) is 32.7. The van der Waals surface area contributed by atoms with Crippen LogP contribution in [0, 0.1) is 0 Å². The molecule has 0 bridgehead atoms. The number of allylic oxidation sites excluding steroid dienone is 2. The lowest BCUT2D eigenvalue weighted by Gasteiger charge is -2.12. The van der Waals surface area contributed by atoms with E-state index < -0.39 is 6.10 Å². The molecule has 0 saturated carbocycles. The van der Waals surface area contributed by atoms with Gasteiger partial charge in [-0.05, 0) is 51.4 Å². The maximum absolute atomic E-state index is 12.3. The van der Waals surface area contributed by atoms with E-state index in [1.165, 1.54) is 315 Å². The molecule has 0 saturated heterocycles. The van der Waals surface area contributed by atoms with E-state index in [0.717, 1.165) is 51.4 Å². The van der Waals surface area contributed by atoms with Crippen LogP contribution in [0.25, 0.3) is 0 Å². The highest BCUT2D eigenvalue weighted by molar-refractivity contribution is 5.78. The largest absolute Gasteiger partial charge is 0.391 e. The van der Waals surface area contributed by atoms with Gasteiger partial charge in [0.25, 0.3) is 0 Å². The van der Waals surface area contributed by atoms with Crippen molar-refractivity contribution < 1.29 is 14.7 Å². The smallest absolute Gasteiger partial charge is 0.220 e. The molecule has 1 atom stereocenters. The van der Waals surface area contributed by atoms with E-state index in [-0.39, 0.29) is 5.91 Å². The van der Waals surface area contributed by atoms with Gasteiger partial charge in [0.2, 0.25) is 5.91 Å². The fourth-order valence-corrected chi connectivity index (χ4v) is 10.5. The first-order valence-corrected chi connectivity index (χ1v) is 32.7. The lowest BCUT2D eigenvalue weighted by molar-refractivity contribution is -0.121. The fraction of sp³-hybridized carbons (Fsp3) is 0.939. The minimum absolute atomic E-state index is 0.116. The van der Waals surface area contributed by atoms with Crippen LogP contribution < -0.4 is 5.32 Å². The molecule has 0 unspecified atom stereocenters. The summed E-state index contributed by atoms with van der Waals surface area (Å²) in [6.07, 6.45) is 80.3. The number of nitrogens with one attached hydrogen (secondary N) is 1. The molecule has 0 fully saturated rings. The number of Topliss-reactive ketones (excluding diaryl/α,β-unsaturated/α-hetero) is 1. The van der Waals surface area contributed by atoms with E-state index in [1.54, 1.807) is 0 Å². The summed E-state index contributed by atoms with van der Waals surface area (Å²) < 4.78 is 0. The van der Waals surface area contributed by atoms with Crippen LogP contribution in [-0.2, 0) is 9.59 Å². The van der Waals surface area contributed by atoms with Gasteiger partial charge in [-0.15, -0.1) is 0 Å². The summed E-state index contributed by atoms with van der Waals surface area (Å²) in [6, 6.07) is 0. The normalized spacial score (nSPS) is 12.2. The Labute approximate surface area is 440 Å². The molecule has 0 heterocycles. The third kappa shape index (κ3) is 61.1. The molecule has 0 rings (SSSR count). The van der Waals surface area contributed by atoms with Crippen LogP contribution in [0.15, 0.2) is 12.2 Å². The number of hydrogen-bond donors (Lipinski definition) is 2. The van der Waals surface area contributed by atoms with Crippen LogP contribution >= 0.6 is 0 Å². The van der Waals surface area contributed by atoms with Crippen molar-refractivity contribution >= 4 is 11.7 Å². The predicted molar refractivity (Wildman–Crippen MR) is 312 cm³/mol. The van der Waals surface area contributed by atoms with Crippen molar-refractivity contribution in [3.8, 4) is 0 Å². The lowest BCUT2D eigenvalue weighted by Crippen LogP contribution is -2.31. The first-order chi connectivity index (χ1) is 34.6. The van der Waals surface area contributed by atoms with Crippen molar-refractivity contribution in [2.75, 3.05) is 6.54 Å². The molecule has 0 aliphatic heterocycles. The fourth-order valence-electron chi connectivity index (χ4n) is 10.5. The molecule has 0 aromatic rings. The zero-order chi connectivity index (χ0) is 50.6. The quantitative estimate of drug-likeness (QED) is 0.0471. The number of hydrogen-bond acceptors (Lipinski definition) is 3. The van der Waals surface area contributed by atoms with Gasteiger partial charge in [0.1, 0.15) is 5.78 Å². The SMILES string of the molecule is CCCCCCCCC=CCCCCCCCC(=O)CCCCCCCCCCCCCCCCCCCCCCCCCCCCCC(=O)NC[C@@H](O)CCCCCCCCCCCCCCCC. The second-order valence-corrected chi connectivity index (χ2v) is 22.8. The van der Waals surface area contributed by atoms with Gasteiger partial charge in [-0.3, -0.25) is 9.59 Å². The average molecular weight is 985 g/mol. The predicted octanol–water partition coefficient (Wildman–Crippen LogP) is 22.3. The molecule has 4 heteroatoms. The summed E-state index contributed by atoms with van der Waals surface area (Å²) in [5.41, 5.74) is 0. The summed E-state index contributed by atoms with van der Waals surface area (Å²) in [4.78, 5) is 24.5. The Morgan fingerprint density at radius 3 is 0.829 bits per heavy atom. The zero-order valence-corrected chi connectivity index (χ0v) is 48.2. The van der Waals surface area contributed by atoms with E-state index in [9.17, 15) is 14.7 Å². The Hall–Kier alpha value is -1.16. The van der Waals surface area contributed by atoms with Gasteiger partial charge >= 0.3 is 0 Å².